The number of hydrogen-bond acceptors (Lipinski definition) is 4. The maximum absolute atomic E-state index is 13.5. The summed E-state index contributed by atoms with van der Waals surface area (Å²) >= 11 is 0. The van der Waals surface area contributed by atoms with E-state index >= 15 is 0 Å². The second-order valence-corrected chi connectivity index (χ2v) is 10.3. The molecule has 0 saturated heterocycles. The molecule has 3 aromatic rings. The van der Waals surface area contributed by atoms with Crippen LogP contribution in [-0.2, 0) is 32.7 Å². The van der Waals surface area contributed by atoms with Gasteiger partial charge in [0, 0.05) is 20.1 Å². The number of benzene rings is 3. The van der Waals surface area contributed by atoms with Crippen molar-refractivity contribution in [2.45, 2.75) is 19.1 Å². The van der Waals surface area contributed by atoms with E-state index in [1.165, 1.54) is 36.2 Å². The lowest BCUT2D eigenvalue weighted by Gasteiger charge is -2.32. The third kappa shape index (κ3) is 7.46. The third-order valence-corrected chi connectivity index (χ3v) is 6.76. The highest BCUT2D eigenvalue weighted by molar-refractivity contribution is 7.88. The van der Waals surface area contributed by atoms with Crippen LogP contribution in [0.5, 0.6) is 0 Å². The average molecular weight is 498 g/mol. The summed E-state index contributed by atoms with van der Waals surface area (Å²) in [7, 11) is -2.33. The predicted molar refractivity (Wildman–Crippen MR) is 132 cm³/mol. The Morgan fingerprint density at radius 1 is 0.886 bits per heavy atom. The highest BCUT2D eigenvalue weighted by Crippen LogP contribution is 2.24. The zero-order valence-corrected chi connectivity index (χ0v) is 20.4. The van der Waals surface area contributed by atoms with E-state index in [2.05, 4.69) is 5.32 Å². The number of sulfonamides is 1. The summed E-state index contributed by atoms with van der Waals surface area (Å²) in [6.07, 6.45) is 1.01. The fourth-order valence-electron chi connectivity index (χ4n) is 3.50. The predicted octanol–water partition coefficient (Wildman–Crippen LogP) is 3.10. The first kappa shape index (κ1) is 26.1. The molecule has 7 nitrogen and oxygen atoms in total. The van der Waals surface area contributed by atoms with Gasteiger partial charge in [-0.2, -0.15) is 4.31 Å². The van der Waals surface area contributed by atoms with E-state index in [0.29, 0.717) is 11.1 Å². The van der Waals surface area contributed by atoms with Crippen LogP contribution in [0.25, 0.3) is 0 Å². The zero-order chi connectivity index (χ0) is 25.4. The standard InChI is InChI=1S/C26H28FN3O4S/c1-29(35(2,33)34)19-24(31)30(18-21-13-15-23(27)16-14-21)25(22-11-7-4-8-12-22)26(32)28-17-20-9-5-3-6-10-20/h3-16,25H,17-19H2,1-2H3,(H,28,32)/t25-/m1/s1. The molecule has 184 valence electrons. The Bertz CT molecular complexity index is 1240. The minimum absolute atomic E-state index is 0.0188. The van der Waals surface area contributed by atoms with Crippen LogP contribution in [0, 0.1) is 5.82 Å². The summed E-state index contributed by atoms with van der Waals surface area (Å²) in [6, 6.07) is 22.7. The molecule has 0 saturated carbocycles. The van der Waals surface area contributed by atoms with Crippen molar-refractivity contribution in [1.82, 2.24) is 14.5 Å². The Morgan fingerprint density at radius 2 is 1.46 bits per heavy atom. The highest BCUT2D eigenvalue weighted by atomic mass is 32.2. The molecule has 3 rings (SSSR count). The first-order valence-electron chi connectivity index (χ1n) is 11.0. The van der Waals surface area contributed by atoms with Crippen LogP contribution in [0.1, 0.15) is 22.7 Å². The van der Waals surface area contributed by atoms with Gasteiger partial charge in [0.1, 0.15) is 11.9 Å². The van der Waals surface area contributed by atoms with Gasteiger partial charge in [-0.05, 0) is 28.8 Å². The number of carbonyl (C=O) groups excluding carboxylic acids is 2. The minimum atomic E-state index is -3.63. The number of hydrogen-bond donors (Lipinski definition) is 1. The summed E-state index contributed by atoms with van der Waals surface area (Å²) < 4.78 is 38.3. The van der Waals surface area contributed by atoms with Crippen molar-refractivity contribution >= 4 is 21.8 Å². The highest BCUT2D eigenvalue weighted by Gasteiger charge is 2.32. The molecular formula is C26H28FN3O4S. The lowest BCUT2D eigenvalue weighted by atomic mass is 10.0. The topological polar surface area (TPSA) is 86.8 Å². The van der Waals surface area contributed by atoms with Gasteiger partial charge in [-0.3, -0.25) is 9.59 Å². The van der Waals surface area contributed by atoms with E-state index in [4.69, 9.17) is 0 Å². The number of nitrogens with zero attached hydrogens (tertiary/aromatic N) is 2. The second-order valence-electron chi connectivity index (χ2n) is 8.18. The van der Waals surface area contributed by atoms with E-state index in [1.54, 1.807) is 30.3 Å². The monoisotopic (exact) mass is 497 g/mol. The van der Waals surface area contributed by atoms with Gasteiger partial charge in [0.05, 0.1) is 12.8 Å². The van der Waals surface area contributed by atoms with Crippen molar-refractivity contribution in [3.8, 4) is 0 Å². The molecule has 0 aromatic heterocycles. The molecule has 0 aliphatic heterocycles. The number of nitrogens with one attached hydrogen (secondary N) is 1. The van der Waals surface area contributed by atoms with Crippen molar-refractivity contribution in [2.75, 3.05) is 19.8 Å². The lowest BCUT2D eigenvalue weighted by Crippen LogP contribution is -2.47. The van der Waals surface area contributed by atoms with Gasteiger partial charge in [-0.25, -0.2) is 12.8 Å². The first-order chi connectivity index (χ1) is 16.6. The number of rotatable bonds is 10. The van der Waals surface area contributed by atoms with Gasteiger partial charge in [-0.15, -0.1) is 0 Å². The summed E-state index contributed by atoms with van der Waals surface area (Å²) in [5, 5.41) is 2.89. The number of likely N-dealkylation sites (N-methyl/N-ethyl adjacent to an activating group) is 1. The van der Waals surface area contributed by atoms with Crippen molar-refractivity contribution in [2.24, 2.45) is 0 Å². The van der Waals surface area contributed by atoms with Crippen LogP contribution < -0.4 is 5.32 Å². The maximum Gasteiger partial charge on any atom is 0.247 e. The van der Waals surface area contributed by atoms with Crippen LogP contribution in [0.2, 0.25) is 0 Å². The van der Waals surface area contributed by atoms with Crippen molar-refractivity contribution in [3.05, 3.63) is 107 Å². The van der Waals surface area contributed by atoms with Crippen molar-refractivity contribution < 1.29 is 22.4 Å². The smallest absolute Gasteiger partial charge is 0.247 e. The quantitative estimate of drug-likeness (QED) is 0.466. The first-order valence-corrected chi connectivity index (χ1v) is 12.8. The minimum Gasteiger partial charge on any atom is -0.350 e. The molecule has 0 radical (unpaired) electrons. The van der Waals surface area contributed by atoms with Gasteiger partial charge in [0.25, 0.3) is 0 Å². The Balaban J connectivity index is 1.97. The van der Waals surface area contributed by atoms with Crippen molar-refractivity contribution in [1.29, 1.82) is 0 Å². The molecular weight excluding hydrogens is 469 g/mol. The molecule has 9 heteroatoms. The fraction of sp³-hybridized carbons (Fsp3) is 0.231. The van der Waals surface area contributed by atoms with Crippen LogP contribution in [-0.4, -0.2) is 49.3 Å². The Morgan fingerprint density at radius 3 is 2.03 bits per heavy atom. The van der Waals surface area contributed by atoms with Crippen LogP contribution in [0.4, 0.5) is 4.39 Å². The SMILES string of the molecule is CN(CC(=O)N(Cc1ccc(F)cc1)[C@@H](C(=O)NCc1ccccc1)c1ccccc1)S(C)(=O)=O. The van der Waals surface area contributed by atoms with E-state index in [-0.39, 0.29) is 13.1 Å². The third-order valence-electron chi connectivity index (χ3n) is 5.50. The molecule has 0 bridgehead atoms. The lowest BCUT2D eigenvalue weighted by molar-refractivity contribution is -0.141. The van der Waals surface area contributed by atoms with E-state index in [1.807, 2.05) is 30.3 Å². The average Bonchev–Trinajstić information content (AvgIpc) is 2.84. The summed E-state index contributed by atoms with van der Waals surface area (Å²) in [5.41, 5.74) is 2.05. The molecule has 0 fully saturated rings. The molecule has 0 heterocycles. The summed E-state index contributed by atoms with van der Waals surface area (Å²) in [6.45, 7) is -0.213. The van der Waals surface area contributed by atoms with Gasteiger partial charge in [0.15, 0.2) is 0 Å². The number of carbonyl (C=O) groups is 2. The number of halogens is 1. The van der Waals surface area contributed by atoms with Crippen LogP contribution in [0.3, 0.4) is 0 Å². The molecule has 35 heavy (non-hydrogen) atoms. The fourth-order valence-corrected chi connectivity index (χ4v) is 3.84. The second kappa shape index (κ2) is 11.7. The molecule has 0 unspecified atom stereocenters. The van der Waals surface area contributed by atoms with Gasteiger partial charge >= 0.3 is 0 Å². The maximum atomic E-state index is 13.5. The van der Waals surface area contributed by atoms with Gasteiger partial charge < -0.3 is 10.2 Å². The Labute approximate surface area is 205 Å². The van der Waals surface area contributed by atoms with E-state index in [9.17, 15) is 22.4 Å². The molecule has 2 amide bonds. The molecule has 0 aliphatic carbocycles. The molecule has 0 spiro atoms. The Hall–Kier alpha value is -3.56. The molecule has 3 aromatic carbocycles. The summed E-state index contributed by atoms with van der Waals surface area (Å²) in [4.78, 5) is 28.2. The molecule has 1 N–H and O–H groups in total. The van der Waals surface area contributed by atoms with E-state index in [0.717, 1.165) is 16.1 Å². The normalized spacial score (nSPS) is 12.2. The van der Waals surface area contributed by atoms with E-state index < -0.39 is 40.2 Å². The van der Waals surface area contributed by atoms with Gasteiger partial charge in [-0.1, -0.05) is 72.8 Å². The zero-order valence-electron chi connectivity index (χ0n) is 19.6. The largest absolute Gasteiger partial charge is 0.350 e. The van der Waals surface area contributed by atoms with Gasteiger partial charge in [0.2, 0.25) is 21.8 Å². The van der Waals surface area contributed by atoms with Crippen LogP contribution >= 0.6 is 0 Å². The summed E-state index contributed by atoms with van der Waals surface area (Å²) in [5.74, 6) is -1.41. The van der Waals surface area contributed by atoms with Crippen molar-refractivity contribution in [3.63, 3.8) is 0 Å². The molecule has 1 atom stereocenters. The Kier molecular flexibility index (Phi) is 8.73. The molecule has 0 aliphatic rings. The van der Waals surface area contributed by atoms with Crippen LogP contribution in [0.15, 0.2) is 84.9 Å². The number of amides is 2.